The average molecular weight is 329 g/mol. The third-order valence-corrected chi connectivity index (χ3v) is 5.00. The lowest BCUT2D eigenvalue weighted by Gasteiger charge is -2.29. The molecule has 0 unspecified atom stereocenters. The van der Waals surface area contributed by atoms with Crippen LogP contribution < -0.4 is 4.72 Å². The second kappa shape index (κ2) is 7.66. The van der Waals surface area contributed by atoms with Gasteiger partial charge in [-0.05, 0) is 0 Å². The molecule has 0 bridgehead atoms. The minimum Gasteiger partial charge on any atom is -0.379 e. The normalized spacial score (nSPS) is 18.6. The molecule has 0 spiro atoms. The Bertz CT molecular complexity index is 485. The van der Waals surface area contributed by atoms with Crippen LogP contribution in [0, 0.1) is 0 Å². The fraction of sp³-hybridized carbons (Fsp3) is 1.00. The largest absolute Gasteiger partial charge is 0.379 e. The predicted molar refractivity (Wildman–Crippen MR) is 76.5 cm³/mol. The van der Waals surface area contributed by atoms with Crippen molar-refractivity contribution in [2.24, 2.45) is 0 Å². The molecule has 1 N–H and O–H groups in total. The summed E-state index contributed by atoms with van der Waals surface area (Å²) in [4.78, 5) is 2.13. The van der Waals surface area contributed by atoms with E-state index in [2.05, 4.69) is 9.62 Å². The molecule has 0 radical (unpaired) electrons. The van der Waals surface area contributed by atoms with Crippen LogP contribution in [0.25, 0.3) is 0 Å². The molecular formula is C10H23N3O5S2. The monoisotopic (exact) mass is 329 g/mol. The molecule has 1 aliphatic rings. The van der Waals surface area contributed by atoms with Gasteiger partial charge in [0.25, 0.3) is 0 Å². The standard InChI is InChI=1S/C10H23N3O5S2/c1-19(14,15)11-3-4-13(20(2,16)17)6-5-12-7-9-18-10-8-12/h11H,3-10H2,1-2H3. The SMILES string of the molecule is CS(=O)(=O)NCCN(CCN1CCOCC1)S(C)(=O)=O. The van der Waals surface area contributed by atoms with Gasteiger partial charge in [0.1, 0.15) is 0 Å². The van der Waals surface area contributed by atoms with Crippen LogP contribution in [0.5, 0.6) is 0 Å². The Morgan fingerprint density at radius 2 is 1.70 bits per heavy atom. The Labute approximate surface area is 121 Å². The first-order valence-electron chi connectivity index (χ1n) is 6.38. The van der Waals surface area contributed by atoms with Gasteiger partial charge in [-0.15, -0.1) is 0 Å². The Balaban J connectivity index is 2.44. The van der Waals surface area contributed by atoms with E-state index in [0.29, 0.717) is 26.3 Å². The van der Waals surface area contributed by atoms with Crippen molar-refractivity contribution in [2.75, 3.05) is 65.0 Å². The summed E-state index contributed by atoms with van der Waals surface area (Å²) in [5.41, 5.74) is 0. The fourth-order valence-electron chi connectivity index (χ4n) is 1.88. The van der Waals surface area contributed by atoms with E-state index < -0.39 is 20.0 Å². The first kappa shape index (κ1) is 17.8. The number of sulfonamides is 2. The molecule has 0 aromatic heterocycles. The summed E-state index contributed by atoms with van der Waals surface area (Å²) in [5.74, 6) is 0. The minimum absolute atomic E-state index is 0.0784. The molecule has 8 nitrogen and oxygen atoms in total. The maximum atomic E-state index is 11.7. The Morgan fingerprint density at radius 3 is 2.20 bits per heavy atom. The van der Waals surface area contributed by atoms with Crippen molar-refractivity contribution < 1.29 is 21.6 Å². The van der Waals surface area contributed by atoms with Crippen LogP contribution in [0.4, 0.5) is 0 Å². The van der Waals surface area contributed by atoms with Gasteiger partial charge in [0.15, 0.2) is 0 Å². The average Bonchev–Trinajstić information content (AvgIpc) is 2.32. The molecule has 1 fully saturated rings. The van der Waals surface area contributed by atoms with Crippen LogP contribution >= 0.6 is 0 Å². The van der Waals surface area contributed by atoms with Crippen molar-refractivity contribution in [3.05, 3.63) is 0 Å². The number of ether oxygens (including phenoxy) is 1. The van der Waals surface area contributed by atoms with E-state index in [-0.39, 0.29) is 13.1 Å². The highest BCUT2D eigenvalue weighted by Gasteiger charge is 2.19. The van der Waals surface area contributed by atoms with E-state index in [4.69, 9.17) is 4.74 Å². The van der Waals surface area contributed by atoms with Gasteiger partial charge in [0.05, 0.1) is 25.7 Å². The summed E-state index contributed by atoms with van der Waals surface area (Å²) < 4.78 is 54.1. The van der Waals surface area contributed by atoms with Gasteiger partial charge in [0.2, 0.25) is 20.0 Å². The number of rotatable bonds is 8. The van der Waals surface area contributed by atoms with Crippen molar-refractivity contribution in [3.8, 4) is 0 Å². The van der Waals surface area contributed by atoms with Crippen molar-refractivity contribution in [2.45, 2.75) is 0 Å². The lowest BCUT2D eigenvalue weighted by Crippen LogP contribution is -2.44. The third kappa shape index (κ3) is 7.50. The summed E-state index contributed by atoms with van der Waals surface area (Å²) in [6.45, 7) is 4.09. The molecule has 1 saturated heterocycles. The van der Waals surface area contributed by atoms with Crippen LogP contribution in [0.2, 0.25) is 0 Å². The Kier molecular flexibility index (Phi) is 6.82. The highest BCUT2D eigenvalue weighted by Crippen LogP contribution is 2.01. The van der Waals surface area contributed by atoms with Crippen LogP contribution in [-0.4, -0.2) is 91.0 Å². The lowest BCUT2D eigenvalue weighted by atomic mass is 10.4. The van der Waals surface area contributed by atoms with Crippen LogP contribution in [0.3, 0.4) is 0 Å². The van der Waals surface area contributed by atoms with Crippen molar-refractivity contribution >= 4 is 20.0 Å². The van der Waals surface area contributed by atoms with E-state index in [1.54, 1.807) is 0 Å². The van der Waals surface area contributed by atoms with Gasteiger partial charge in [-0.1, -0.05) is 0 Å². The summed E-state index contributed by atoms with van der Waals surface area (Å²) in [6, 6.07) is 0. The van der Waals surface area contributed by atoms with Gasteiger partial charge in [-0.2, -0.15) is 4.31 Å². The third-order valence-electron chi connectivity index (χ3n) is 2.96. The van der Waals surface area contributed by atoms with Crippen molar-refractivity contribution in [3.63, 3.8) is 0 Å². The Hall–Kier alpha value is -0.260. The fourth-order valence-corrected chi connectivity index (χ4v) is 3.18. The topological polar surface area (TPSA) is 96.0 Å². The van der Waals surface area contributed by atoms with Gasteiger partial charge >= 0.3 is 0 Å². The molecule has 0 atom stereocenters. The zero-order valence-electron chi connectivity index (χ0n) is 11.9. The molecule has 20 heavy (non-hydrogen) atoms. The zero-order chi connectivity index (χ0) is 15.2. The molecule has 1 heterocycles. The molecular weight excluding hydrogens is 306 g/mol. The second-order valence-electron chi connectivity index (χ2n) is 4.78. The summed E-state index contributed by atoms with van der Waals surface area (Å²) in [5, 5.41) is 0. The second-order valence-corrected chi connectivity index (χ2v) is 8.60. The molecule has 1 rings (SSSR count). The first-order valence-corrected chi connectivity index (χ1v) is 10.1. The van der Waals surface area contributed by atoms with Crippen LogP contribution in [0.15, 0.2) is 0 Å². The van der Waals surface area contributed by atoms with Gasteiger partial charge in [0, 0.05) is 39.3 Å². The number of morpholine rings is 1. The quantitative estimate of drug-likeness (QED) is 0.560. The highest BCUT2D eigenvalue weighted by molar-refractivity contribution is 7.88. The summed E-state index contributed by atoms with van der Waals surface area (Å²) >= 11 is 0. The first-order chi connectivity index (χ1) is 9.18. The summed E-state index contributed by atoms with van der Waals surface area (Å²) in [7, 11) is -6.64. The van der Waals surface area contributed by atoms with Crippen molar-refractivity contribution in [1.29, 1.82) is 0 Å². The summed E-state index contributed by atoms with van der Waals surface area (Å²) in [6.07, 6.45) is 2.18. The van der Waals surface area contributed by atoms with Gasteiger partial charge in [-0.25, -0.2) is 21.6 Å². The predicted octanol–water partition coefficient (Wildman–Crippen LogP) is -1.87. The molecule has 0 amide bonds. The van der Waals surface area contributed by atoms with E-state index in [0.717, 1.165) is 25.6 Å². The van der Waals surface area contributed by atoms with E-state index in [1.165, 1.54) is 4.31 Å². The zero-order valence-corrected chi connectivity index (χ0v) is 13.5. The van der Waals surface area contributed by atoms with Gasteiger partial charge < -0.3 is 4.74 Å². The van der Waals surface area contributed by atoms with E-state index in [1.807, 2.05) is 0 Å². The molecule has 10 heteroatoms. The number of nitrogens with one attached hydrogen (secondary N) is 1. The molecule has 0 aromatic carbocycles. The molecule has 0 saturated carbocycles. The van der Waals surface area contributed by atoms with Crippen LogP contribution in [0.1, 0.15) is 0 Å². The smallest absolute Gasteiger partial charge is 0.211 e. The number of nitrogens with zero attached hydrogens (tertiary/aromatic N) is 2. The van der Waals surface area contributed by atoms with Crippen LogP contribution in [-0.2, 0) is 24.8 Å². The number of hydrogen-bond acceptors (Lipinski definition) is 6. The number of hydrogen-bond donors (Lipinski definition) is 1. The molecule has 120 valence electrons. The Morgan fingerprint density at radius 1 is 1.10 bits per heavy atom. The van der Waals surface area contributed by atoms with Crippen molar-refractivity contribution in [1.82, 2.24) is 13.9 Å². The molecule has 1 aliphatic heterocycles. The molecule has 0 aromatic rings. The maximum Gasteiger partial charge on any atom is 0.211 e. The molecule has 0 aliphatic carbocycles. The lowest BCUT2D eigenvalue weighted by molar-refractivity contribution is 0.0363. The highest BCUT2D eigenvalue weighted by atomic mass is 32.2. The van der Waals surface area contributed by atoms with E-state index >= 15 is 0 Å². The maximum absolute atomic E-state index is 11.7. The van der Waals surface area contributed by atoms with E-state index in [9.17, 15) is 16.8 Å². The minimum atomic E-state index is -3.34. The van der Waals surface area contributed by atoms with Gasteiger partial charge in [-0.3, -0.25) is 4.90 Å².